The van der Waals surface area contributed by atoms with Gasteiger partial charge < -0.3 is 4.90 Å². The molecule has 1 aliphatic rings. The van der Waals surface area contributed by atoms with E-state index in [2.05, 4.69) is 53.6 Å². The van der Waals surface area contributed by atoms with Crippen LogP contribution in [0.5, 0.6) is 0 Å². The van der Waals surface area contributed by atoms with Crippen molar-refractivity contribution >= 4 is 35.0 Å². The van der Waals surface area contributed by atoms with Crippen LogP contribution in [0.3, 0.4) is 0 Å². The molecule has 34 heavy (non-hydrogen) atoms. The van der Waals surface area contributed by atoms with Crippen molar-refractivity contribution in [3.63, 3.8) is 0 Å². The van der Waals surface area contributed by atoms with Crippen LogP contribution >= 0.6 is 11.8 Å². The van der Waals surface area contributed by atoms with Crippen molar-refractivity contribution < 1.29 is 0 Å². The van der Waals surface area contributed by atoms with E-state index in [4.69, 9.17) is 4.99 Å². The average molecular weight is 467 g/mol. The summed E-state index contributed by atoms with van der Waals surface area (Å²) in [5.41, 5.74) is 6.58. The van der Waals surface area contributed by atoms with E-state index in [1.54, 1.807) is 16.4 Å². The summed E-state index contributed by atoms with van der Waals surface area (Å²) < 4.78 is 3.52. The Morgan fingerprint density at radius 1 is 0.853 bits per heavy atom. The Morgan fingerprint density at radius 2 is 1.47 bits per heavy atom. The fraction of sp³-hybridized carbons (Fsp3) is 0.143. The van der Waals surface area contributed by atoms with Crippen LogP contribution < -0.4 is 10.5 Å². The zero-order valence-corrected chi connectivity index (χ0v) is 20.2. The van der Waals surface area contributed by atoms with E-state index < -0.39 is 0 Å². The lowest BCUT2D eigenvalue weighted by molar-refractivity contribution is 0.630. The minimum atomic E-state index is -0.122. The Kier molecular flexibility index (Phi) is 5.99. The molecule has 170 valence electrons. The molecular weight excluding hydrogens is 440 g/mol. The number of aryl methyl sites for hydroxylation is 1. The van der Waals surface area contributed by atoms with Gasteiger partial charge in [0.1, 0.15) is 5.37 Å². The van der Waals surface area contributed by atoms with Gasteiger partial charge in [0.2, 0.25) is 0 Å². The molecule has 6 heteroatoms. The lowest BCUT2D eigenvalue weighted by Crippen LogP contribution is -2.28. The molecule has 0 spiro atoms. The van der Waals surface area contributed by atoms with Gasteiger partial charge in [-0.05, 0) is 49.1 Å². The van der Waals surface area contributed by atoms with E-state index in [1.165, 1.54) is 5.56 Å². The molecule has 1 atom stereocenters. The fourth-order valence-corrected chi connectivity index (χ4v) is 5.14. The molecule has 0 amide bonds. The molecular formula is C28H26N4OS. The fourth-order valence-electron chi connectivity index (χ4n) is 4.14. The zero-order chi connectivity index (χ0) is 23.7. The topological polar surface area (TPSA) is 42.5 Å². The number of anilines is 1. The van der Waals surface area contributed by atoms with Crippen molar-refractivity contribution in [2.75, 3.05) is 4.90 Å². The van der Waals surface area contributed by atoms with Gasteiger partial charge in [0, 0.05) is 18.9 Å². The molecule has 1 unspecified atom stereocenters. The van der Waals surface area contributed by atoms with Crippen LogP contribution in [0.15, 0.2) is 100 Å². The summed E-state index contributed by atoms with van der Waals surface area (Å²) in [4.78, 5) is 20.3. The molecule has 5 nitrogen and oxygen atoms in total. The number of rotatable bonds is 5. The highest BCUT2D eigenvalue weighted by Crippen LogP contribution is 2.40. The molecule has 4 aromatic rings. The summed E-state index contributed by atoms with van der Waals surface area (Å²) in [5.74, 6) is 0. The standard InChI is InChI=1S/C28H26N4OS/c1-20-14-16-22(17-15-20)25-19-34-26(31(25)23-10-6-4-7-11-23)18-29-27-21(2)30(3)32(28(27)33)24-12-8-5-9-13-24/h4-19,26H,1-3H3. The molecule has 0 N–H and O–H groups in total. The van der Waals surface area contributed by atoms with Gasteiger partial charge in [0.05, 0.1) is 17.1 Å². The van der Waals surface area contributed by atoms with Gasteiger partial charge in [0.25, 0.3) is 5.56 Å². The van der Waals surface area contributed by atoms with Crippen LogP contribution in [-0.4, -0.2) is 21.0 Å². The number of aromatic nitrogens is 2. The second kappa shape index (κ2) is 9.23. The zero-order valence-electron chi connectivity index (χ0n) is 19.4. The highest BCUT2D eigenvalue weighted by atomic mass is 32.2. The van der Waals surface area contributed by atoms with E-state index in [0.29, 0.717) is 5.69 Å². The van der Waals surface area contributed by atoms with Crippen LogP contribution in [0.25, 0.3) is 11.4 Å². The maximum atomic E-state index is 13.3. The summed E-state index contributed by atoms with van der Waals surface area (Å²) in [6, 6.07) is 28.5. The average Bonchev–Trinajstić information content (AvgIpc) is 3.38. The first kappa shape index (κ1) is 22.0. The van der Waals surface area contributed by atoms with Gasteiger partial charge in [0.15, 0.2) is 5.69 Å². The SMILES string of the molecule is Cc1ccc(C2=CSC(C=Nc3c(C)n(C)n(-c4ccccc4)c3=O)N2c2ccccc2)cc1. The Morgan fingerprint density at radius 3 is 2.12 bits per heavy atom. The van der Waals surface area contributed by atoms with Crippen molar-refractivity contribution in [3.8, 4) is 5.69 Å². The van der Waals surface area contributed by atoms with Gasteiger partial charge in [-0.3, -0.25) is 14.5 Å². The number of hydrogen-bond acceptors (Lipinski definition) is 4. The molecule has 5 rings (SSSR count). The van der Waals surface area contributed by atoms with Gasteiger partial charge in [-0.25, -0.2) is 4.68 Å². The summed E-state index contributed by atoms with van der Waals surface area (Å²) in [6.45, 7) is 4.02. The molecule has 0 saturated carbocycles. The third-order valence-corrected chi connectivity index (χ3v) is 7.04. The lowest BCUT2D eigenvalue weighted by atomic mass is 10.1. The predicted molar refractivity (Wildman–Crippen MR) is 143 cm³/mol. The van der Waals surface area contributed by atoms with E-state index >= 15 is 0 Å². The van der Waals surface area contributed by atoms with Crippen molar-refractivity contribution in [3.05, 3.63) is 118 Å². The Balaban J connectivity index is 1.51. The predicted octanol–water partition coefficient (Wildman–Crippen LogP) is 6.07. The van der Waals surface area contributed by atoms with Gasteiger partial charge in [-0.2, -0.15) is 0 Å². The maximum Gasteiger partial charge on any atom is 0.297 e. The molecule has 0 radical (unpaired) electrons. The Labute approximate surface area is 203 Å². The largest absolute Gasteiger partial charge is 0.323 e. The van der Waals surface area contributed by atoms with Crippen LogP contribution in [-0.2, 0) is 7.05 Å². The molecule has 0 aliphatic carbocycles. The first-order chi connectivity index (χ1) is 16.5. The second-order valence-corrected chi connectivity index (χ2v) is 9.28. The molecule has 0 bridgehead atoms. The van der Waals surface area contributed by atoms with Gasteiger partial charge >= 0.3 is 0 Å². The molecule has 0 saturated heterocycles. The quantitative estimate of drug-likeness (QED) is 0.335. The molecule has 0 fully saturated rings. The maximum absolute atomic E-state index is 13.3. The lowest BCUT2D eigenvalue weighted by Gasteiger charge is -2.27. The highest BCUT2D eigenvalue weighted by Gasteiger charge is 2.28. The van der Waals surface area contributed by atoms with E-state index in [9.17, 15) is 4.79 Å². The molecule has 3 aromatic carbocycles. The monoisotopic (exact) mass is 466 g/mol. The third-order valence-electron chi connectivity index (χ3n) is 6.07. The van der Waals surface area contributed by atoms with Gasteiger partial charge in [-0.1, -0.05) is 66.2 Å². The van der Waals surface area contributed by atoms with E-state index in [0.717, 1.165) is 28.3 Å². The van der Waals surface area contributed by atoms with Crippen LogP contribution in [0, 0.1) is 13.8 Å². The summed E-state index contributed by atoms with van der Waals surface area (Å²) in [6.07, 6.45) is 1.88. The normalized spacial score (nSPS) is 15.8. The highest BCUT2D eigenvalue weighted by molar-refractivity contribution is 8.04. The van der Waals surface area contributed by atoms with Crippen molar-refractivity contribution in [2.45, 2.75) is 19.2 Å². The van der Waals surface area contributed by atoms with Crippen molar-refractivity contribution in [1.82, 2.24) is 9.36 Å². The molecule has 2 heterocycles. The minimum Gasteiger partial charge on any atom is -0.323 e. The first-order valence-electron chi connectivity index (χ1n) is 11.2. The van der Waals surface area contributed by atoms with Crippen LogP contribution in [0.4, 0.5) is 11.4 Å². The van der Waals surface area contributed by atoms with E-state index in [1.807, 2.05) is 73.4 Å². The minimum absolute atomic E-state index is 0.0668. The number of aliphatic imine (C=N–C) groups is 1. The Hall–Kier alpha value is -3.77. The van der Waals surface area contributed by atoms with Crippen molar-refractivity contribution in [1.29, 1.82) is 0 Å². The summed E-state index contributed by atoms with van der Waals surface area (Å²) >= 11 is 1.69. The first-order valence-corrected chi connectivity index (χ1v) is 12.1. The number of para-hydroxylation sites is 2. The van der Waals surface area contributed by atoms with E-state index in [-0.39, 0.29) is 10.9 Å². The Bertz CT molecular complexity index is 1420. The third kappa shape index (κ3) is 4.01. The summed E-state index contributed by atoms with van der Waals surface area (Å²) in [7, 11) is 1.89. The number of benzene rings is 3. The second-order valence-electron chi connectivity index (χ2n) is 8.29. The number of hydrogen-bond donors (Lipinski definition) is 0. The number of thioether (sulfide) groups is 1. The van der Waals surface area contributed by atoms with Gasteiger partial charge in [-0.15, -0.1) is 11.8 Å². The van der Waals surface area contributed by atoms with Crippen molar-refractivity contribution in [2.24, 2.45) is 12.0 Å². The summed E-state index contributed by atoms with van der Waals surface area (Å²) in [5, 5.41) is 2.11. The van der Waals surface area contributed by atoms with Crippen LogP contribution in [0.2, 0.25) is 0 Å². The molecule has 1 aliphatic heterocycles. The molecule has 1 aromatic heterocycles. The smallest absolute Gasteiger partial charge is 0.297 e. The van der Waals surface area contributed by atoms with Crippen LogP contribution in [0.1, 0.15) is 16.8 Å². The number of nitrogens with zero attached hydrogens (tertiary/aromatic N) is 4.